The summed E-state index contributed by atoms with van der Waals surface area (Å²) in [5, 5.41) is 18.7. The second kappa shape index (κ2) is 8.67. The van der Waals surface area contributed by atoms with E-state index < -0.39 is 11.4 Å². The highest BCUT2D eigenvalue weighted by molar-refractivity contribution is 6.01. The third-order valence-corrected chi connectivity index (χ3v) is 6.60. The van der Waals surface area contributed by atoms with Crippen LogP contribution in [0.2, 0.25) is 0 Å². The van der Waals surface area contributed by atoms with E-state index in [0.29, 0.717) is 25.7 Å². The lowest BCUT2D eigenvalue weighted by Crippen LogP contribution is -2.45. The normalized spacial score (nSPS) is 20.8. The molecule has 31 heavy (non-hydrogen) atoms. The van der Waals surface area contributed by atoms with Gasteiger partial charge in [0, 0.05) is 37.3 Å². The van der Waals surface area contributed by atoms with Gasteiger partial charge in [0.2, 0.25) is 0 Å². The number of benzene rings is 1. The number of piperidine rings is 1. The molecule has 3 heterocycles. The van der Waals surface area contributed by atoms with E-state index in [9.17, 15) is 9.90 Å². The molecule has 1 aromatic heterocycles. The number of rotatable bonds is 7. The zero-order valence-electron chi connectivity index (χ0n) is 18.3. The average Bonchev–Trinajstić information content (AvgIpc) is 3.36. The smallest absolute Gasteiger partial charge is 0.309 e. The molecule has 2 aliphatic rings. The van der Waals surface area contributed by atoms with Gasteiger partial charge in [-0.15, -0.1) is 0 Å². The van der Waals surface area contributed by atoms with Gasteiger partial charge in [-0.05, 0) is 45.3 Å². The third kappa shape index (κ3) is 4.56. The number of aryl methyl sites for hydroxylation is 2. The van der Waals surface area contributed by atoms with Crippen molar-refractivity contribution in [2.24, 2.45) is 10.6 Å². The number of oxime groups is 1. The Hall–Kier alpha value is -2.93. The van der Waals surface area contributed by atoms with E-state index in [4.69, 9.17) is 4.84 Å². The van der Waals surface area contributed by atoms with Crippen molar-refractivity contribution in [3.05, 3.63) is 59.4 Å². The topological polar surface area (TPSA) is 80.0 Å². The summed E-state index contributed by atoms with van der Waals surface area (Å²) in [5.41, 5.74) is 4.51. The molecule has 1 aromatic carbocycles. The van der Waals surface area contributed by atoms with Crippen molar-refractivity contribution in [3.63, 3.8) is 0 Å². The molecule has 164 valence electrons. The van der Waals surface area contributed by atoms with Crippen LogP contribution in [-0.2, 0) is 16.2 Å². The summed E-state index contributed by atoms with van der Waals surface area (Å²) in [6.45, 7) is 10.0. The molecule has 1 atom stereocenters. The summed E-state index contributed by atoms with van der Waals surface area (Å²) in [7, 11) is 0. The Morgan fingerprint density at radius 3 is 2.61 bits per heavy atom. The van der Waals surface area contributed by atoms with E-state index in [1.54, 1.807) is 10.9 Å². The summed E-state index contributed by atoms with van der Waals surface area (Å²) >= 11 is 0. The fourth-order valence-electron chi connectivity index (χ4n) is 4.54. The molecule has 0 bridgehead atoms. The molecule has 7 nitrogen and oxygen atoms in total. The van der Waals surface area contributed by atoms with E-state index in [2.05, 4.69) is 40.8 Å². The summed E-state index contributed by atoms with van der Waals surface area (Å²) in [6, 6.07) is 8.20. The van der Waals surface area contributed by atoms with Crippen molar-refractivity contribution in [1.29, 1.82) is 0 Å². The second-order valence-corrected chi connectivity index (χ2v) is 8.80. The first-order chi connectivity index (χ1) is 14.9. The zero-order valence-corrected chi connectivity index (χ0v) is 18.3. The van der Waals surface area contributed by atoms with Gasteiger partial charge in [0.05, 0.1) is 16.8 Å². The van der Waals surface area contributed by atoms with Crippen molar-refractivity contribution < 1.29 is 14.7 Å². The van der Waals surface area contributed by atoms with Crippen LogP contribution in [0, 0.1) is 19.3 Å². The number of hydrogen-bond acceptors (Lipinski definition) is 5. The van der Waals surface area contributed by atoms with Gasteiger partial charge in [-0.1, -0.05) is 41.6 Å². The Balaban J connectivity index is 1.36. The van der Waals surface area contributed by atoms with Crippen LogP contribution in [0.5, 0.6) is 0 Å². The van der Waals surface area contributed by atoms with Crippen molar-refractivity contribution in [2.45, 2.75) is 52.2 Å². The second-order valence-electron chi connectivity index (χ2n) is 8.80. The Bertz CT molecular complexity index is 985. The van der Waals surface area contributed by atoms with Gasteiger partial charge < -0.3 is 9.94 Å². The summed E-state index contributed by atoms with van der Waals surface area (Å²) in [6.07, 6.45) is 5.83. The van der Waals surface area contributed by atoms with Crippen LogP contribution in [0.25, 0.3) is 6.20 Å². The number of likely N-dealkylation sites (tertiary alicyclic amines) is 1. The molecule has 2 aromatic rings. The lowest BCUT2D eigenvalue weighted by atomic mass is 9.73. The third-order valence-electron chi connectivity index (χ3n) is 6.60. The molecule has 1 N–H and O–H groups in total. The van der Waals surface area contributed by atoms with Gasteiger partial charge in [0.1, 0.15) is 6.10 Å². The maximum Gasteiger partial charge on any atom is 0.309 e. The van der Waals surface area contributed by atoms with Crippen molar-refractivity contribution in [2.75, 3.05) is 13.1 Å². The van der Waals surface area contributed by atoms with Gasteiger partial charge in [-0.25, -0.2) is 4.68 Å². The van der Waals surface area contributed by atoms with E-state index >= 15 is 0 Å². The quantitative estimate of drug-likeness (QED) is 0.733. The summed E-state index contributed by atoms with van der Waals surface area (Å²) in [4.78, 5) is 20.3. The van der Waals surface area contributed by atoms with E-state index in [0.717, 1.165) is 42.2 Å². The molecule has 0 unspecified atom stereocenters. The molecule has 4 rings (SSSR count). The van der Waals surface area contributed by atoms with Crippen molar-refractivity contribution >= 4 is 17.9 Å². The Kier molecular flexibility index (Phi) is 5.96. The first kappa shape index (κ1) is 21.3. The molecular weight excluding hydrogens is 392 g/mol. The highest BCUT2D eigenvalue weighted by Gasteiger charge is 2.45. The van der Waals surface area contributed by atoms with Crippen LogP contribution in [0.1, 0.15) is 48.1 Å². The molecule has 0 aliphatic carbocycles. The highest BCUT2D eigenvalue weighted by atomic mass is 16.6. The fraction of sp³-hybridized carbons (Fsp3) is 0.458. The first-order valence-electron chi connectivity index (χ1n) is 10.8. The van der Waals surface area contributed by atoms with Crippen LogP contribution in [0.4, 0.5) is 0 Å². The van der Waals surface area contributed by atoms with Gasteiger partial charge in [0.15, 0.2) is 0 Å². The Morgan fingerprint density at radius 2 is 2.00 bits per heavy atom. The average molecular weight is 423 g/mol. The first-order valence-corrected chi connectivity index (χ1v) is 10.8. The number of nitrogens with zero attached hydrogens (tertiary/aromatic N) is 4. The largest absolute Gasteiger partial charge is 0.481 e. The minimum absolute atomic E-state index is 0.188. The van der Waals surface area contributed by atoms with E-state index in [-0.39, 0.29) is 6.10 Å². The van der Waals surface area contributed by atoms with Crippen LogP contribution >= 0.6 is 0 Å². The predicted molar refractivity (Wildman–Crippen MR) is 120 cm³/mol. The number of aromatic nitrogens is 2. The van der Waals surface area contributed by atoms with Gasteiger partial charge >= 0.3 is 5.97 Å². The van der Waals surface area contributed by atoms with Crippen LogP contribution < -0.4 is 0 Å². The van der Waals surface area contributed by atoms with Gasteiger partial charge in [-0.3, -0.25) is 9.69 Å². The molecule has 0 saturated carbocycles. The SMILES string of the molecule is C=Cn1cc(CN2CCC(C[C@H]3CC(c4ccc(C)cc4)=NO3)(C(=O)O)CC2)c(C)n1. The van der Waals surface area contributed by atoms with Crippen LogP contribution in [0.15, 0.2) is 42.2 Å². The van der Waals surface area contributed by atoms with Crippen molar-refractivity contribution in [3.8, 4) is 0 Å². The van der Waals surface area contributed by atoms with E-state index in [1.807, 2.05) is 25.3 Å². The Morgan fingerprint density at radius 1 is 1.29 bits per heavy atom. The fourth-order valence-corrected chi connectivity index (χ4v) is 4.54. The van der Waals surface area contributed by atoms with Gasteiger partial charge in [0.25, 0.3) is 0 Å². The maximum absolute atomic E-state index is 12.3. The number of carboxylic acids is 1. The standard InChI is InChI=1S/C24H30N4O3/c1-4-28-16-20(18(3)25-28)15-27-11-9-24(10-12-27,23(29)30)14-21-13-22(26-31-21)19-7-5-17(2)6-8-19/h4-8,16,21H,1,9-15H2,2-3H3,(H,29,30)/t21-/m1/s1. The lowest BCUT2D eigenvalue weighted by Gasteiger charge is -2.39. The lowest BCUT2D eigenvalue weighted by molar-refractivity contribution is -0.155. The monoisotopic (exact) mass is 422 g/mol. The molecule has 0 spiro atoms. The highest BCUT2D eigenvalue weighted by Crippen LogP contribution is 2.39. The zero-order chi connectivity index (χ0) is 22.0. The molecular formula is C24H30N4O3. The number of hydrogen-bond donors (Lipinski definition) is 1. The molecule has 1 saturated heterocycles. The molecule has 7 heteroatoms. The minimum Gasteiger partial charge on any atom is -0.481 e. The van der Waals surface area contributed by atoms with E-state index in [1.165, 1.54) is 5.56 Å². The summed E-state index contributed by atoms with van der Waals surface area (Å²) < 4.78 is 1.72. The van der Waals surface area contributed by atoms with Gasteiger partial charge in [-0.2, -0.15) is 5.10 Å². The number of aliphatic carboxylic acids is 1. The molecule has 1 fully saturated rings. The van der Waals surface area contributed by atoms with Crippen molar-refractivity contribution in [1.82, 2.24) is 14.7 Å². The number of carboxylic acid groups (broad SMARTS) is 1. The molecule has 0 amide bonds. The predicted octanol–water partition coefficient (Wildman–Crippen LogP) is 3.85. The molecule has 0 radical (unpaired) electrons. The van der Waals surface area contributed by atoms with Crippen LogP contribution in [-0.4, -0.2) is 50.7 Å². The molecule has 2 aliphatic heterocycles. The van der Waals surface area contributed by atoms with Crippen LogP contribution in [0.3, 0.4) is 0 Å². The Labute approximate surface area is 183 Å². The number of carbonyl (C=O) groups is 1. The minimum atomic E-state index is -0.764. The summed E-state index contributed by atoms with van der Waals surface area (Å²) in [5.74, 6) is -0.727. The maximum atomic E-state index is 12.3.